The van der Waals surface area contributed by atoms with Gasteiger partial charge in [-0.15, -0.1) is 0 Å². The van der Waals surface area contributed by atoms with Crippen LogP contribution < -0.4 is 5.32 Å². The van der Waals surface area contributed by atoms with E-state index >= 15 is 0 Å². The fraction of sp³-hybridized carbons (Fsp3) is 0.261. The van der Waals surface area contributed by atoms with Gasteiger partial charge in [0.15, 0.2) is 0 Å². The van der Waals surface area contributed by atoms with Crippen molar-refractivity contribution in [3.8, 4) is 0 Å². The number of aryl methyl sites for hydroxylation is 1. The Labute approximate surface area is 158 Å². The number of fused-ring (bicyclic) bond motifs is 3. The van der Waals surface area contributed by atoms with Crippen LogP contribution in [0.4, 0.5) is 0 Å². The third kappa shape index (κ3) is 3.06. The van der Waals surface area contributed by atoms with Gasteiger partial charge in [0.05, 0.1) is 12.8 Å². The Kier molecular flexibility index (Phi) is 4.26. The van der Waals surface area contributed by atoms with Crippen LogP contribution in [0.15, 0.2) is 71.6 Å². The van der Waals surface area contributed by atoms with Gasteiger partial charge in [-0.05, 0) is 54.7 Å². The van der Waals surface area contributed by atoms with Crippen LogP contribution in [-0.4, -0.2) is 9.55 Å². The summed E-state index contributed by atoms with van der Waals surface area (Å²) in [6.45, 7) is 1.61. The van der Waals surface area contributed by atoms with Crippen LogP contribution in [0.1, 0.15) is 41.5 Å². The van der Waals surface area contributed by atoms with Gasteiger partial charge in [0.2, 0.25) is 0 Å². The van der Waals surface area contributed by atoms with Crippen molar-refractivity contribution in [1.29, 1.82) is 0 Å². The van der Waals surface area contributed by atoms with E-state index in [1.807, 2.05) is 30.6 Å². The predicted octanol–water partition coefficient (Wildman–Crippen LogP) is 4.84. The van der Waals surface area contributed by atoms with Crippen LogP contribution in [0, 0.1) is 0 Å². The summed E-state index contributed by atoms with van der Waals surface area (Å²) in [4.78, 5) is 4.31. The van der Waals surface area contributed by atoms with Crippen LogP contribution in [0.3, 0.4) is 0 Å². The fourth-order valence-corrected chi connectivity index (χ4v) is 4.36. The molecule has 1 aromatic carbocycles. The van der Waals surface area contributed by atoms with Crippen LogP contribution in [0.25, 0.3) is 10.9 Å². The van der Waals surface area contributed by atoms with Crippen molar-refractivity contribution in [2.75, 3.05) is 0 Å². The summed E-state index contributed by atoms with van der Waals surface area (Å²) in [5.74, 6) is 0.983. The standard InChI is InChI=1S/C23H23N3O/c1-2-11-22-19(8-1)20-9-3-10-21(25-15-18-7-5-13-27-18)23(20)26(22)16-17-6-4-12-24-14-17/h1-2,4-8,11-14,21,25H,3,9-10,15-16H2. The highest BCUT2D eigenvalue weighted by atomic mass is 16.3. The minimum absolute atomic E-state index is 0.336. The Balaban J connectivity index is 1.57. The predicted molar refractivity (Wildman–Crippen MR) is 107 cm³/mol. The highest BCUT2D eigenvalue weighted by Crippen LogP contribution is 2.38. The maximum absolute atomic E-state index is 5.52. The zero-order chi connectivity index (χ0) is 18.1. The van der Waals surface area contributed by atoms with Crippen molar-refractivity contribution >= 4 is 10.9 Å². The molecular formula is C23H23N3O. The summed E-state index contributed by atoms with van der Waals surface area (Å²) in [5.41, 5.74) is 5.48. The van der Waals surface area contributed by atoms with Gasteiger partial charge in [-0.2, -0.15) is 0 Å². The van der Waals surface area contributed by atoms with Gasteiger partial charge in [-0.25, -0.2) is 0 Å². The molecule has 5 rings (SSSR count). The first kappa shape index (κ1) is 16.3. The molecular weight excluding hydrogens is 334 g/mol. The molecule has 1 unspecified atom stereocenters. The van der Waals surface area contributed by atoms with E-state index in [9.17, 15) is 0 Å². The van der Waals surface area contributed by atoms with Crippen molar-refractivity contribution in [2.24, 2.45) is 0 Å². The summed E-state index contributed by atoms with van der Waals surface area (Å²) in [6.07, 6.45) is 9.05. The Bertz CT molecular complexity index is 1030. The normalized spacial score (nSPS) is 16.5. The molecule has 0 saturated heterocycles. The zero-order valence-electron chi connectivity index (χ0n) is 15.3. The lowest BCUT2D eigenvalue weighted by Gasteiger charge is -2.26. The number of nitrogens with one attached hydrogen (secondary N) is 1. The monoisotopic (exact) mass is 357 g/mol. The molecule has 1 atom stereocenters. The molecule has 0 fully saturated rings. The van der Waals surface area contributed by atoms with E-state index in [4.69, 9.17) is 4.42 Å². The maximum atomic E-state index is 5.52. The molecule has 0 spiro atoms. The number of hydrogen-bond donors (Lipinski definition) is 1. The van der Waals surface area contributed by atoms with Crippen molar-refractivity contribution in [3.63, 3.8) is 0 Å². The molecule has 1 aliphatic carbocycles. The lowest BCUT2D eigenvalue weighted by molar-refractivity contribution is 0.403. The van der Waals surface area contributed by atoms with Crippen LogP contribution in [0.5, 0.6) is 0 Å². The highest BCUT2D eigenvalue weighted by molar-refractivity contribution is 5.86. The second-order valence-electron chi connectivity index (χ2n) is 7.23. The van der Waals surface area contributed by atoms with Gasteiger partial charge >= 0.3 is 0 Å². The van der Waals surface area contributed by atoms with Crippen LogP contribution in [-0.2, 0) is 19.5 Å². The summed E-state index contributed by atoms with van der Waals surface area (Å²) in [5, 5.41) is 5.13. The maximum Gasteiger partial charge on any atom is 0.117 e. The van der Waals surface area contributed by atoms with Gasteiger partial charge < -0.3 is 14.3 Å². The van der Waals surface area contributed by atoms with Crippen molar-refractivity contribution < 1.29 is 4.42 Å². The molecule has 136 valence electrons. The number of furan rings is 1. The fourth-order valence-electron chi connectivity index (χ4n) is 4.36. The quantitative estimate of drug-likeness (QED) is 0.555. The van der Waals surface area contributed by atoms with Crippen molar-refractivity contribution in [3.05, 3.63) is 89.8 Å². The molecule has 0 aliphatic heterocycles. The molecule has 4 aromatic rings. The molecule has 0 amide bonds. The van der Waals surface area contributed by atoms with E-state index in [2.05, 4.69) is 45.2 Å². The summed E-state index contributed by atoms with van der Waals surface area (Å²) in [6, 6.07) is 17.3. The number of aromatic nitrogens is 2. The lowest BCUT2D eigenvalue weighted by atomic mass is 9.91. The molecule has 0 saturated carbocycles. The number of para-hydroxylation sites is 1. The molecule has 0 radical (unpaired) electrons. The molecule has 4 heteroatoms. The number of nitrogens with zero attached hydrogens (tertiary/aromatic N) is 2. The molecule has 27 heavy (non-hydrogen) atoms. The molecule has 1 N–H and O–H groups in total. The lowest BCUT2D eigenvalue weighted by Crippen LogP contribution is -2.27. The number of hydrogen-bond acceptors (Lipinski definition) is 3. The Morgan fingerprint density at radius 1 is 1.11 bits per heavy atom. The average molecular weight is 357 g/mol. The second kappa shape index (κ2) is 7.05. The molecule has 1 aliphatic rings. The van der Waals surface area contributed by atoms with Gasteiger partial charge in [0, 0.05) is 41.6 Å². The van der Waals surface area contributed by atoms with Gasteiger partial charge in [-0.1, -0.05) is 24.3 Å². The third-order valence-electron chi connectivity index (χ3n) is 5.54. The topological polar surface area (TPSA) is 43.0 Å². The Hall–Kier alpha value is -2.85. The molecule has 3 heterocycles. The second-order valence-corrected chi connectivity index (χ2v) is 7.23. The van der Waals surface area contributed by atoms with Gasteiger partial charge in [0.25, 0.3) is 0 Å². The van der Waals surface area contributed by atoms with Crippen LogP contribution in [0.2, 0.25) is 0 Å². The highest BCUT2D eigenvalue weighted by Gasteiger charge is 2.27. The first-order chi connectivity index (χ1) is 13.4. The van der Waals surface area contributed by atoms with Crippen LogP contribution >= 0.6 is 0 Å². The summed E-state index contributed by atoms with van der Waals surface area (Å²) < 4.78 is 8.01. The summed E-state index contributed by atoms with van der Waals surface area (Å²) in [7, 11) is 0. The molecule has 4 nitrogen and oxygen atoms in total. The van der Waals surface area contributed by atoms with E-state index in [-0.39, 0.29) is 0 Å². The van der Waals surface area contributed by atoms with Crippen molar-refractivity contribution in [1.82, 2.24) is 14.9 Å². The number of benzene rings is 1. The summed E-state index contributed by atoms with van der Waals surface area (Å²) >= 11 is 0. The van der Waals surface area contributed by atoms with Gasteiger partial charge in [0.1, 0.15) is 5.76 Å². The minimum atomic E-state index is 0.336. The SMILES string of the molecule is c1cncc(Cn2c3c(c4ccccc42)CCCC3NCc2ccco2)c1. The van der Waals surface area contributed by atoms with Crippen molar-refractivity contribution in [2.45, 2.75) is 38.4 Å². The number of rotatable bonds is 5. The zero-order valence-corrected chi connectivity index (χ0v) is 15.3. The first-order valence-corrected chi connectivity index (χ1v) is 9.65. The molecule has 0 bridgehead atoms. The Morgan fingerprint density at radius 3 is 2.93 bits per heavy atom. The first-order valence-electron chi connectivity index (χ1n) is 9.65. The van der Waals surface area contributed by atoms with E-state index in [0.29, 0.717) is 6.04 Å². The van der Waals surface area contributed by atoms with E-state index < -0.39 is 0 Å². The number of pyridine rings is 1. The Morgan fingerprint density at radius 2 is 2.07 bits per heavy atom. The van der Waals surface area contributed by atoms with E-state index in [0.717, 1.165) is 31.7 Å². The van der Waals surface area contributed by atoms with Gasteiger partial charge in [-0.3, -0.25) is 4.98 Å². The smallest absolute Gasteiger partial charge is 0.117 e. The average Bonchev–Trinajstić information content (AvgIpc) is 3.35. The third-order valence-corrected chi connectivity index (χ3v) is 5.54. The largest absolute Gasteiger partial charge is 0.468 e. The van der Waals surface area contributed by atoms with E-state index in [1.54, 1.807) is 6.26 Å². The minimum Gasteiger partial charge on any atom is -0.468 e. The van der Waals surface area contributed by atoms with E-state index in [1.165, 1.54) is 34.1 Å². The molecule has 3 aromatic heterocycles.